The molecule has 0 aromatic rings. The maximum absolute atomic E-state index is 11.7. The molecule has 2 saturated heterocycles. The van der Waals surface area contributed by atoms with E-state index in [0.717, 1.165) is 26.2 Å². The van der Waals surface area contributed by atoms with Crippen LogP contribution in [0.25, 0.3) is 0 Å². The van der Waals surface area contributed by atoms with Crippen molar-refractivity contribution in [3.05, 3.63) is 0 Å². The highest BCUT2D eigenvalue weighted by Gasteiger charge is 2.32. The lowest BCUT2D eigenvalue weighted by atomic mass is 10.2. The van der Waals surface area contributed by atoms with Gasteiger partial charge in [0.1, 0.15) is 0 Å². The molecule has 1 amide bonds. The standard InChI is InChI=1S/C11H20N2O2/c1-8(2)13-6-10(5-11(13)14)12-9-3-4-15-7-9/h8-10,12H,3-7H2,1-2H3. The van der Waals surface area contributed by atoms with Crippen LogP contribution in [0.1, 0.15) is 26.7 Å². The van der Waals surface area contributed by atoms with Crippen molar-refractivity contribution in [1.82, 2.24) is 10.2 Å². The SMILES string of the molecule is CC(C)N1CC(NC2CCOC2)CC1=O. The van der Waals surface area contributed by atoms with Crippen molar-refractivity contribution in [3.63, 3.8) is 0 Å². The molecule has 2 rings (SSSR count). The van der Waals surface area contributed by atoms with Crippen molar-refractivity contribution in [2.24, 2.45) is 0 Å². The summed E-state index contributed by atoms with van der Waals surface area (Å²) in [5, 5.41) is 3.51. The van der Waals surface area contributed by atoms with Crippen LogP contribution in [0.3, 0.4) is 0 Å². The van der Waals surface area contributed by atoms with Crippen LogP contribution in [0.2, 0.25) is 0 Å². The molecule has 2 atom stereocenters. The van der Waals surface area contributed by atoms with Crippen molar-refractivity contribution in [1.29, 1.82) is 0 Å². The Morgan fingerprint density at radius 1 is 1.47 bits per heavy atom. The van der Waals surface area contributed by atoms with Crippen molar-refractivity contribution in [2.75, 3.05) is 19.8 Å². The first-order valence-corrected chi connectivity index (χ1v) is 5.80. The molecule has 0 spiro atoms. The van der Waals surface area contributed by atoms with E-state index >= 15 is 0 Å². The number of nitrogens with zero attached hydrogens (tertiary/aromatic N) is 1. The van der Waals surface area contributed by atoms with Crippen LogP contribution in [0.5, 0.6) is 0 Å². The first-order valence-electron chi connectivity index (χ1n) is 5.80. The fourth-order valence-electron chi connectivity index (χ4n) is 2.34. The first kappa shape index (κ1) is 10.9. The van der Waals surface area contributed by atoms with Gasteiger partial charge in [0.2, 0.25) is 5.91 Å². The smallest absolute Gasteiger partial charge is 0.224 e. The van der Waals surface area contributed by atoms with E-state index in [2.05, 4.69) is 19.2 Å². The third-order valence-corrected chi connectivity index (χ3v) is 3.18. The maximum Gasteiger partial charge on any atom is 0.224 e. The lowest BCUT2D eigenvalue weighted by Crippen LogP contribution is -2.41. The lowest BCUT2D eigenvalue weighted by molar-refractivity contribution is -0.129. The second-order valence-electron chi connectivity index (χ2n) is 4.77. The van der Waals surface area contributed by atoms with E-state index in [9.17, 15) is 4.79 Å². The van der Waals surface area contributed by atoms with Crippen molar-refractivity contribution >= 4 is 5.91 Å². The van der Waals surface area contributed by atoms with Crippen molar-refractivity contribution < 1.29 is 9.53 Å². The minimum atomic E-state index is 0.279. The van der Waals surface area contributed by atoms with Gasteiger partial charge in [-0.3, -0.25) is 4.79 Å². The van der Waals surface area contributed by atoms with E-state index in [1.165, 1.54) is 0 Å². The molecular formula is C11H20N2O2. The van der Waals surface area contributed by atoms with E-state index < -0.39 is 0 Å². The molecule has 0 aliphatic carbocycles. The monoisotopic (exact) mass is 212 g/mol. The number of hydrogen-bond donors (Lipinski definition) is 1. The van der Waals surface area contributed by atoms with Gasteiger partial charge in [-0.15, -0.1) is 0 Å². The van der Waals surface area contributed by atoms with E-state index in [0.29, 0.717) is 24.5 Å². The Bertz CT molecular complexity index is 237. The molecule has 4 heteroatoms. The predicted molar refractivity (Wildman–Crippen MR) is 57.6 cm³/mol. The summed E-state index contributed by atoms with van der Waals surface area (Å²) in [6.07, 6.45) is 1.72. The normalized spacial score (nSPS) is 31.9. The number of hydrogen-bond acceptors (Lipinski definition) is 3. The minimum Gasteiger partial charge on any atom is -0.380 e. The number of carbonyl (C=O) groups excluding carboxylic acids is 1. The second-order valence-corrected chi connectivity index (χ2v) is 4.77. The Hall–Kier alpha value is -0.610. The Kier molecular flexibility index (Phi) is 3.26. The number of ether oxygens (including phenoxy) is 1. The summed E-state index contributed by atoms with van der Waals surface area (Å²) in [4.78, 5) is 13.6. The summed E-state index contributed by atoms with van der Waals surface area (Å²) < 4.78 is 5.31. The third-order valence-electron chi connectivity index (χ3n) is 3.18. The van der Waals surface area contributed by atoms with E-state index in [1.807, 2.05) is 4.90 Å². The van der Waals surface area contributed by atoms with Gasteiger partial charge in [-0.05, 0) is 20.3 Å². The summed E-state index contributed by atoms with van der Waals surface area (Å²) in [5.41, 5.74) is 0. The largest absolute Gasteiger partial charge is 0.380 e. The van der Waals surface area contributed by atoms with Gasteiger partial charge < -0.3 is 15.0 Å². The summed E-state index contributed by atoms with van der Waals surface area (Å²) in [6.45, 7) is 6.64. The predicted octanol–water partition coefficient (Wildman–Crippen LogP) is 0.374. The first-order chi connectivity index (χ1) is 7.16. The number of carbonyl (C=O) groups is 1. The zero-order valence-corrected chi connectivity index (χ0v) is 9.53. The summed E-state index contributed by atoms with van der Waals surface area (Å²) in [6, 6.07) is 1.10. The Balaban J connectivity index is 1.83. The highest BCUT2D eigenvalue weighted by Crippen LogP contribution is 2.16. The molecule has 0 bridgehead atoms. The number of likely N-dealkylation sites (tertiary alicyclic amines) is 1. The zero-order chi connectivity index (χ0) is 10.8. The maximum atomic E-state index is 11.7. The molecule has 4 nitrogen and oxygen atoms in total. The second kappa shape index (κ2) is 4.49. The van der Waals surface area contributed by atoms with Gasteiger partial charge in [0.15, 0.2) is 0 Å². The molecule has 2 aliphatic heterocycles. The molecule has 0 aromatic heterocycles. The van der Waals surface area contributed by atoms with Gasteiger partial charge in [0.25, 0.3) is 0 Å². The van der Waals surface area contributed by atoms with Crippen molar-refractivity contribution in [3.8, 4) is 0 Å². The topological polar surface area (TPSA) is 41.6 Å². The molecule has 2 heterocycles. The average molecular weight is 212 g/mol. The van der Waals surface area contributed by atoms with Gasteiger partial charge in [-0.1, -0.05) is 0 Å². The molecule has 15 heavy (non-hydrogen) atoms. The van der Waals surface area contributed by atoms with E-state index in [4.69, 9.17) is 4.74 Å². The summed E-state index contributed by atoms with van der Waals surface area (Å²) >= 11 is 0. The molecule has 2 fully saturated rings. The van der Waals surface area contributed by atoms with Gasteiger partial charge in [0.05, 0.1) is 6.61 Å². The Morgan fingerprint density at radius 2 is 2.27 bits per heavy atom. The Morgan fingerprint density at radius 3 is 2.80 bits per heavy atom. The quantitative estimate of drug-likeness (QED) is 0.735. The van der Waals surface area contributed by atoms with Gasteiger partial charge >= 0.3 is 0 Å². The van der Waals surface area contributed by atoms with Gasteiger partial charge in [-0.2, -0.15) is 0 Å². The van der Waals surface area contributed by atoms with Crippen LogP contribution in [0.15, 0.2) is 0 Å². The number of amides is 1. The molecule has 2 unspecified atom stereocenters. The molecule has 1 N–H and O–H groups in total. The van der Waals surface area contributed by atoms with Crippen LogP contribution in [-0.2, 0) is 9.53 Å². The van der Waals surface area contributed by atoms with Gasteiger partial charge in [-0.25, -0.2) is 0 Å². The fraction of sp³-hybridized carbons (Fsp3) is 0.909. The van der Waals surface area contributed by atoms with Crippen LogP contribution >= 0.6 is 0 Å². The van der Waals surface area contributed by atoms with Crippen LogP contribution < -0.4 is 5.32 Å². The molecule has 0 saturated carbocycles. The number of rotatable bonds is 3. The molecule has 86 valence electrons. The van der Waals surface area contributed by atoms with E-state index in [1.54, 1.807) is 0 Å². The van der Waals surface area contributed by atoms with Crippen molar-refractivity contribution in [2.45, 2.75) is 44.8 Å². The average Bonchev–Trinajstić information content (AvgIpc) is 2.75. The van der Waals surface area contributed by atoms with E-state index in [-0.39, 0.29) is 5.91 Å². The molecule has 0 aromatic carbocycles. The molecule has 0 radical (unpaired) electrons. The van der Waals surface area contributed by atoms with Crippen LogP contribution in [0.4, 0.5) is 0 Å². The number of nitrogens with one attached hydrogen (secondary N) is 1. The third kappa shape index (κ3) is 2.49. The highest BCUT2D eigenvalue weighted by atomic mass is 16.5. The lowest BCUT2D eigenvalue weighted by Gasteiger charge is -2.22. The molecular weight excluding hydrogens is 192 g/mol. The van der Waals surface area contributed by atoms with Crippen LogP contribution in [0, 0.1) is 0 Å². The highest BCUT2D eigenvalue weighted by molar-refractivity contribution is 5.79. The summed E-state index contributed by atoms with van der Waals surface area (Å²) in [5.74, 6) is 0.279. The van der Waals surface area contributed by atoms with Crippen LogP contribution in [-0.4, -0.2) is 48.7 Å². The molecule has 2 aliphatic rings. The fourth-order valence-corrected chi connectivity index (χ4v) is 2.34. The summed E-state index contributed by atoms with van der Waals surface area (Å²) in [7, 11) is 0. The van der Waals surface area contributed by atoms with Gasteiger partial charge in [0, 0.05) is 37.7 Å². The zero-order valence-electron chi connectivity index (χ0n) is 9.53. The Labute approximate surface area is 91.0 Å². The minimum absolute atomic E-state index is 0.279.